The van der Waals surface area contributed by atoms with Crippen molar-refractivity contribution in [1.82, 2.24) is 20.5 Å². The molecule has 0 aliphatic carbocycles. The third-order valence-electron chi connectivity index (χ3n) is 2.64. The van der Waals surface area contributed by atoms with Gasteiger partial charge in [-0.05, 0) is 12.5 Å². The number of amides is 1. The van der Waals surface area contributed by atoms with E-state index in [1.807, 2.05) is 37.3 Å². The van der Waals surface area contributed by atoms with E-state index < -0.39 is 6.04 Å². The Bertz CT molecular complexity index is 502. The van der Waals surface area contributed by atoms with Crippen molar-refractivity contribution in [1.29, 1.82) is 0 Å². The van der Waals surface area contributed by atoms with Crippen LogP contribution in [-0.2, 0) is 4.79 Å². The Morgan fingerprint density at radius 1 is 1.37 bits per heavy atom. The van der Waals surface area contributed by atoms with Gasteiger partial charge in [-0.15, -0.1) is 12.4 Å². The third-order valence-corrected chi connectivity index (χ3v) is 2.64. The molecule has 0 aliphatic heterocycles. The Morgan fingerprint density at radius 2 is 2.05 bits per heavy atom. The molecule has 19 heavy (non-hydrogen) atoms. The standard InChI is InChI=1S/C12H15N5O.ClH/c1-8(11-14-7-15-17-11)16-12(18)10(13)9-5-3-2-4-6-9;/h2-8,10H,13H2,1H3,(H,16,18)(H,14,15,17);1H. The molecule has 0 bridgehead atoms. The van der Waals surface area contributed by atoms with Gasteiger partial charge in [0.25, 0.3) is 0 Å². The number of H-pyrrole nitrogens is 1. The molecule has 0 aliphatic rings. The molecule has 0 spiro atoms. The Morgan fingerprint density at radius 3 is 2.63 bits per heavy atom. The summed E-state index contributed by atoms with van der Waals surface area (Å²) in [6.07, 6.45) is 1.40. The van der Waals surface area contributed by atoms with Crippen LogP contribution in [0.25, 0.3) is 0 Å². The number of rotatable bonds is 4. The summed E-state index contributed by atoms with van der Waals surface area (Å²) in [6.45, 7) is 1.82. The number of aromatic nitrogens is 3. The van der Waals surface area contributed by atoms with Gasteiger partial charge in [0.15, 0.2) is 0 Å². The summed E-state index contributed by atoms with van der Waals surface area (Å²) in [5.74, 6) is 0.355. The van der Waals surface area contributed by atoms with Crippen LogP contribution in [0, 0.1) is 0 Å². The predicted octanol–water partition coefficient (Wildman–Crippen LogP) is 1.10. The first-order chi connectivity index (χ1) is 8.68. The van der Waals surface area contributed by atoms with Gasteiger partial charge in [0.1, 0.15) is 18.2 Å². The van der Waals surface area contributed by atoms with Gasteiger partial charge in [-0.3, -0.25) is 9.89 Å². The SMILES string of the molecule is CC(NC(=O)C(N)c1ccccc1)c1ncn[nH]1.Cl. The molecule has 0 radical (unpaired) electrons. The number of hydrogen-bond acceptors (Lipinski definition) is 4. The molecular weight excluding hydrogens is 266 g/mol. The molecule has 2 unspecified atom stereocenters. The third kappa shape index (κ3) is 3.77. The summed E-state index contributed by atoms with van der Waals surface area (Å²) in [7, 11) is 0. The smallest absolute Gasteiger partial charge is 0.242 e. The number of carbonyl (C=O) groups is 1. The van der Waals surface area contributed by atoms with Crippen molar-refractivity contribution >= 4 is 18.3 Å². The molecule has 4 N–H and O–H groups in total. The highest BCUT2D eigenvalue weighted by Crippen LogP contribution is 2.12. The van der Waals surface area contributed by atoms with Crippen molar-refractivity contribution in [3.8, 4) is 0 Å². The molecule has 7 heteroatoms. The minimum Gasteiger partial charge on any atom is -0.345 e. The Hall–Kier alpha value is -1.92. The summed E-state index contributed by atoms with van der Waals surface area (Å²) in [5, 5.41) is 9.22. The van der Waals surface area contributed by atoms with Gasteiger partial charge in [0.2, 0.25) is 5.91 Å². The Labute approximate surface area is 117 Å². The normalized spacial score (nSPS) is 13.2. The van der Waals surface area contributed by atoms with E-state index in [0.29, 0.717) is 5.82 Å². The van der Waals surface area contributed by atoms with E-state index in [1.165, 1.54) is 6.33 Å². The molecular formula is C12H16ClN5O. The number of benzene rings is 1. The number of carbonyl (C=O) groups excluding carboxylic acids is 1. The Balaban J connectivity index is 0.00000180. The molecule has 1 aromatic carbocycles. The maximum Gasteiger partial charge on any atom is 0.242 e. The van der Waals surface area contributed by atoms with Gasteiger partial charge in [0, 0.05) is 0 Å². The fourth-order valence-corrected chi connectivity index (χ4v) is 1.61. The lowest BCUT2D eigenvalue weighted by atomic mass is 10.1. The second-order valence-electron chi connectivity index (χ2n) is 3.99. The summed E-state index contributed by atoms with van der Waals surface area (Å²) in [6, 6.07) is 8.29. The van der Waals surface area contributed by atoms with Gasteiger partial charge in [-0.1, -0.05) is 30.3 Å². The lowest BCUT2D eigenvalue weighted by Gasteiger charge is -2.16. The van der Waals surface area contributed by atoms with Crippen LogP contribution >= 0.6 is 12.4 Å². The Kier molecular flexibility index (Phi) is 5.47. The highest BCUT2D eigenvalue weighted by molar-refractivity contribution is 5.85. The van der Waals surface area contributed by atoms with Crippen molar-refractivity contribution in [2.75, 3.05) is 0 Å². The minimum absolute atomic E-state index is 0. The van der Waals surface area contributed by atoms with Crippen LogP contribution < -0.4 is 11.1 Å². The molecule has 102 valence electrons. The lowest BCUT2D eigenvalue weighted by molar-refractivity contribution is -0.123. The van der Waals surface area contributed by atoms with Crippen LogP contribution in [0.1, 0.15) is 30.4 Å². The van der Waals surface area contributed by atoms with E-state index in [0.717, 1.165) is 5.56 Å². The monoisotopic (exact) mass is 281 g/mol. The topological polar surface area (TPSA) is 96.7 Å². The van der Waals surface area contributed by atoms with E-state index in [-0.39, 0.29) is 24.4 Å². The molecule has 1 aromatic heterocycles. The summed E-state index contributed by atoms with van der Waals surface area (Å²) in [4.78, 5) is 15.9. The number of nitrogens with two attached hydrogens (primary N) is 1. The van der Waals surface area contributed by atoms with Gasteiger partial charge >= 0.3 is 0 Å². The quantitative estimate of drug-likeness (QED) is 0.782. The molecule has 2 rings (SSSR count). The molecule has 0 saturated heterocycles. The number of nitrogens with zero attached hydrogens (tertiary/aromatic N) is 2. The summed E-state index contributed by atoms with van der Waals surface area (Å²) >= 11 is 0. The fourth-order valence-electron chi connectivity index (χ4n) is 1.61. The lowest BCUT2D eigenvalue weighted by Crippen LogP contribution is -2.36. The van der Waals surface area contributed by atoms with Crippen molar-refractivity contribution < 1.29 is 4.79 Å². The number of aromatic amines is 1. The molecule has 0 saturated carbocycles. The zero-order valence-corrected chi connectivity index (χ0v) is 11.2. The molecule has 2 aromatic rings. The highest BCUT2D eigenvalue weighted by Gasteiger charge is 2.19. The first kappa shape index (κ1) is 15.1. The van der Waals surface area contributed by atoms with Crippen molar-refractivity contribution in [2.45, 2.75) is 19.0 Å². The van der Waals surface area contributed by atoms with Gasteiger partial charge in [-0.2, -0.15) is 5.10 Å². The zero-order chi connectivity index (χ0) is 13.0. The molecule has 1 amide bonds. The molecule has 6 nitrogen and oxygen atoms in total. The van der Waals surface area contributed by atoms with Crippen LogP contribution in [0.2, 0.25) is 0 Å². The van der Waals surface area contributed by atoms with Crippen molar-refractivity contribution in [3.63, 3.8) is 0 Å². The average Bonchev–Trinajstić information content (AvgIpc) is 2.92. The van der Waals surface area contributed by atoms with E-state index in [9.17, 15) is 4.79 Å². The van der Waals surface area contributed by atoms with Crippen LogP contribution in [0.15, 0.2) is 36.7 Å². The van der Waals surface area contributed by atoms with Gasteiger partial charge < -0.3 is 11.1 Å². The summed E-state index contributed by atoms with van der Waals surface area (Å²) in [5.41, 5.74) is 6.66. The first-order valence-electron chi connectivity index (χ1n) is 5.64. The molecule has 0 fully saturated rings. The van der Waals surface area contributed by atoms with Crippen LogP contribution in [0.4, 0.5) is 0 Å². The minimum atomic E-state index is -0.684. The number of hydrogen-bond donors (Lipinski definition) is 3. The summed E-state index contributed by atoms with van der Waals surface area (Å²) < 4.78 is 0. The maximum absolute atomic E-state index is 12.0. The predicted molar refractivity (Wildman–Crippen MR) is 73.6 cm³/mol. The largest absolute Gasteiger partial charge is 0.345 e. The van der Waals surface area contributed by atoms with Crippen molar-refractivity contribution in [3.05, 3.63) is 48.0 Å². The number of halogens is 1. The van der Waals surface area contributed by atoms with Gasteiger partial charge in [0.05, 0.1) is 6.04 Å². The van der Waals surface area contributed by atoms with Gasteiger partial charge in [-0.25, -0.2) is 4.98 Å². The maximum atomic E-state index is 12.0. The van der Waals surface area contributed by atoms with Crippen LogP contribution in [0.3, 0.4) is 0 Å². The van der Waals surface area contributed by atoms with E-state index in [4.69, 9.17) is 5.73 Å². The highest BCUT2D eigenvalue weighted by atomic mass is 35.5. The fraction of sp³-hybridized carbons (Fsp3) is 0.250. The zero-order valence-electron chi connectivity index (χ0n) is 10.4. The van der Waals surface area contributed by atoms with Crippen molar-refractivity contribution in [2.24, 2.45) is 5.73 Å². The second kappa shape index (κ2) is 6.86. The molecule has 1 heterocycles. The van der Waals surface area contributed by atoms with Crippen LogP contribution in [0.5, 0.6) is 0 Å². The van der Waals surface area contributed by atoms with E-state index in [2.05, 4.69) is 20.5 Å². The van der Waals surface area contributed by atoms with E-state index in [1.54, 1.807) is 0 Å². The first-order valence-corrected chi connectivity index (χ1v) is 5.64. The number of nitrogens with one attached hydrogen (secondary N) is 2. The van der Waals surface area contributed by atoms with E-state index >= 15 is 0 Å². The second-order valence-corrected chi connectivity index (χ2v) is 3.99. The van der Waals surface area contributed by atoms with Crippen LogP contribution in [-0.4, -0.2) is 21.1 Å². The average molecular weight is 282 g/mol. The molecule has 2 atom stereocenters.